The monoisotopic (exact) mass is 317 g/mol. The summed E-state index contributed by atoms with van der Waals surface area (Å²) in [6.45, 7) is 0. The van der Waals surface area contributed by atoms with E-state index in [1.165, 1.54) is 32.1 Å². The Morgan fingerprint density at radius 1 is 0.875 bits per heavy atom. The molecule has 0 heterocycles. The van der Waals surface area contributed by atoms with E-state index in [9.17, 15) is 4.79 Å². The summed E-state index contributed by atoms with van der Waals surface area (Å²) in [5.74, 6) is 0.169. The van der Waals surface area contributed by atoms with Crippen LogP contribution in [0, 0.1) is 0 Å². The quantitative estimate of drug-likeness (QED) is 0.813. The van der Waals surface area contributed by atoms with Gasteiger partial charge in [0.2, 0.25) is 0 Å². The van der Waals surface area contributed by atoms with Crippen LogP contribution in [0.1, 0.15) is 59.6 Å². The average Bonchev–Trinajstić information content (AvgIpc) is 2.90. The molecule has 2 nitrogen and oxygen atoms in total. The van der Waals surface area contributed by atoms with Gasteiger partial charge in [0.05, 0.1) is 6.04 Å². The molecule has 0 aromatic heterocycles. The van der Waals surface area contributed by atoms with Crippen LogP contribution in [0.4, 0.5) is 0 Å². The topological polar surface area (TPSA) is 29.1 Å². The maximum absolute atomic E-state index is 12.9. The third kappa shape index (κ3) is 2.94. The lowest BCUT2D eigenvalue weighted by Gasteiger charge is -2.27. The Labute approximate surface area is 143 Å². The number of benzene rings is 2. The number of fused-ring (bicyclic) bond motifs is 1. The molecule has 1 unspecified atom stereocenters. The Bertz CT molecular complexity index is 757. The zero-order valence-corrected chi connectivity index (χ0v) is 13.9. The normalized spacial score (nSPS) is 22.8. The molecule has 24 heavy (non-hydrogen) atoms. The maximum atomic E-state index is 12.9. The van der Waals surface area contributed by atoms with Gasteiger partial charge >= 0.3 is 0 Å². The fourth-order valence-electron chi connectivity index (χ4n) is 3.97. The first-order chi connectivity index (χ1) is 11.8. The molecule has 2 heteroatoms. The highest BCUT2D eigenvalue weighted by Crippen LogP contribution is 2.38. The van der Waals surface area contributed by atoms with E-state index in [0.717, 1.165) is 22.3 Å². The van der Waals surface area contributed by atoms with E-state index < -0.39 is 0 Å². The molecule has 2 aromatic rings. The molecular formula is C22H23NO. The van der Waals surface area contributed by atoms with Crippen LogP contribution in [0.2, 0.25) is 0 Å². The number of ketones is 1. The lowest BCUT2D eigenvalue weighted by molar-refractivity contribution is 0.103. The van der Waals surface area contributed by atoms with E-state index >= 15 is 0 Å². The lowest BCUT2D eigenvalue weighted by atomic mass is 9.93. The molecule has 122 valence electrons. The van der Waals surface area contributed by atoms with Gasteiger partial charge in [0.1, 0.15) is 0 Å². The number of hydrogen-bond donors (Lipinski definition) is 1. The second-order valence-corrected chi connectivity index (χ2v) is 6.86. The fraction of sp³-hybridized carbons (Fsp3) is 0.318. The lowest BCUT2D eigenvalue weighted by Crippen LogP contribution is -2.34. The van der Waals surface area contributed by atoms with Crippen molar-refractivity contribution >= 4 is 11.9 Å². The number of carbonyl (C=O) groups is 1. The van der Waals surface area contributed by atoms with Crippen LogP contribution in [0.15, 0.2) is 60.2 Å². The van der Waals surface area contributed by atoms with Crippen molar-refractivity contribution in [3.63, 3.8) is 0 Å². The average molecular weight is 317 g/mol. The van der Waals surface area contributed by atoms with Gasteiger partial charge in [0.25, 0.3) is 0 Å². The van der Waals surface area contributed by atoms with Crippen LogP contribution in [-0.2, 0) is 0 Å². The summed E-state index contributed by atoms with van der Waals surface area (Å²) in [6.07, 6.45) is 8.40. The van der Waals surface area contributed by atoms with E-state index in [0.29, 0.717) is 6.04 Å². The van der Waals surface area contributed by atoms with Crippen molar-refractivity contribution in [2.45, 2.75) is 44.2 Å². The van der Waals surface area contributed by atoms with Gasteiger partial charge < -0.3 is 5.32 Å². The largest absolute Gasteiger partial charge is 0.303 e. The highest BCUT2D eigenvalue weighted by molar-refractivity contribution is 6.16. The molecule has 2 aliphatic rings. The molecule has 1 fully saturated rings. The highest BCUT2D eigenvalue weighted by Gasteiger charge is 2.35. The number of rotatable bonds is 3. The number of hydrogen-bond acceptors (Lipinski definition) is 2. The summed E-state index contributed by atoms with van der Waals surface area (Å²) in [4.78, 5) is 12.9. The van der Waals surface area contributed by atoms with Gasteiger partial charge in [0, 0.05) is 17.2 Å². The number of nitrogens with one attached hydrogen (secondary N) is 1. The second-order valence-electron chi connectivity index (χ2n) is 6.86. The first kappa shape index (κ1) is 15.3. The summed E-state index contributed by atoms with van der Waals surface area (Å²) in [5, 5.41) is 3.79. The molecule has 0 radical (unpaired) electrons. The first-order valence-electron chi connectivity index (χ1n) is 8.99. The van der Waals surface area contributed by atoms with E-state index in [1.807, 2.05) is 36.4 Å². The van der Waals surface area contributed by atoms with Crippen LogP contribution in [0.5, 0.6) is 0 Å². The van der Waals surface area contributed by atoms with E-state index in [1.54, 1.807) is 0 Å². The molecule has 0 bridgehead atoms. The summed E-state index contributed by atoms with van der Waals surface area (Å²) >= 11 is 0. The van der Waals surface area contributed by atoms with Crippen molar-refractivity contribution in [2.24, 2.45) is 0 Å². The van der Waals surface area contributed by atoms with Crippen molar-refractivity contribution in [3.8, 4) is 0 Å². The summed E-state index contributed by atoms with van der Waals surface area (Å²) in [7, 11) is 0. The second kappa shape index (κ2) is 6.74. The first-order valence-corrected chi connectivity index (χ1v) is 8.99. The van der Waals surface area contributed by atoms with E-state index in [4.69, 9.17) is 0 Å². The van der Waals surface area contributed by atoms with Gasteiger partial charge in [-0.15, -0.1) is 0 Å². The highest BCUT2D eigenvalue weighted by atomic mass is 16.1. The molecular weight excluding hydrogens is 294 g/mol. The molecule has 2 aliphatic carbocycles. The third-order valence-electron chi connectivity index (χ3n) is 5.22. The minimum absolute atomic E-state index is 0.0250. The SMILES string of the molecule is O=C1C(=Cc2ccccc2)C(NC2CCCCC2)c2ccccc21. The number of carbonyl (C=O) groups excluding carboxylic acids is 1. The Morgan fingerprint density at radius 3 is 2.38 bits per heavy atom. The minimum Gasteiger partial charge on any atom is -0.303 e. The minimum atomic E-state index is 0.0250. The molecule has 1 saturated carbocycles. The Hall–Kier alpha value is -2.19. The van der Waals surface area contributed by atoms with Crippen molar-refractivity contribution in [2.75, 3.05) is 0 Å². The van der Waals surface area contributed by atoms with E-state index in [-0.39, 0.29) is 11.8 Å². The summed E-state index contributed by atoms with van der Waals surface area (Å²) in [5.41, 5.74) is 3.96. The summed E-state index contributed by atoms with van der Waals surface area (Å²) < 4.78 is 0. The molecule has 0 spiro atoms. The Kier molecular flexibility index (Phi) is 4.31. The summed E-state index contributed by atoms with van der Waals surface area (Å²) in [6, 6.07) is 18.7. The van der Waals surface area contributed by atoms with Crippen molar-refractivity contribution < 1.29 is 4.79 Å². The van der Waals surface area contributed by atoms with Gasteiger partial charge in [-0.2, -0.15) is 0 Å². The standard InChI is InChI=1S/C22H23NO/c24-22-19-14-8-7-13-18(19)21(23-17-11-5-2-6-12-17)20(22)15-16-9-3-1-4-10-16/h1,3-4,7-10,13-15,17,21,23H,2,5-6,11-12H2. The van der Waals surface area contributed by atoms with Gasteiger partial charge in [0.15, 0.2) is 5.78 Å². The van der Waals surface area contributed by atoms with Crippen LogP contribution in [-0.4, -0.2) is 11.8 Å². The zero-order chi connectivity index (χ0) is 16.4. The van der Waals surface area contributed by atoms with Gasteiger partial charge in [-0.3, -0.25) is 4.79 Å². The molecule has 4 rings (SSSR count). The van der Waals surface area contributed by atoms with Crippen molar-refractivity contribution in [1.82, 2.24) is 5.32 Å². The van der Waals surface area contributed by atoms with Gasteiger partial charge in [-0.05, 0) is 30.0 Å². The molecule has 1 atom stereocenters. The molecule has 0 aliphatic heterocycles. The Balaban J connectivity index is 1.70. The molecule has 0 saturated heterocycles. The zero-order valence-electron chi connectivity index (χ0n) is 13.9. The van der Waals surface area contributed by atoms with Crippen molar-refractivity contribution in [3.05, 3.63) is 76.9 Å². The van der Waals surface area contributed by atoms with Crippen molar-refractivity contribution in [1.29, 1.82) is 0 Å². The maximum Gasteiger partial charge on any atom is 0.191 e. The van der Waals surface area contributed by atoms with Crippen LogP contribution in [0.3, 0.4) is 0 Å². The predicted molar refractivity (Wildman–Crippen MR) is 97.9 cm³/mol. The number of Topliss-reactive ketones (excluding diaryl/α,β-unsaturated/α-hetero) is 1. The molecule has 2 aromatic carbocycles. The van der Waals surface area contributed by atoms with Gasteiger partial charge in [-0.1, -0.05) is 73.9 Å². The van der Waals surface area contributed by atoms with Crippen LogP contribution < -0.4 is 5.32 Å². The van der Waals surface area contributed by atoms with E-state index in [2.05, 4.69) is 29.6 Å². The van der Waals surface area contributed by atoms with Crippen LogP contribution in [0.25, 0.3) is 6.08 Å². The van der Waals surface area contributed by atoms with Gasteiger partial charge in [-0.25, -0.2) is 0 Å². The predicted octanol–water partition coefficient (Wildman–Crippen LogP) is 4.93. The smallest absolute Gasteiger partial charge is 0.191 e. The Morgan fingerprint density at radius 2 is 1.58 bits per heavy atom. The van der Waals surface area contributed by atoms with Crippen LogP contribution >= 0.6 is 0 Å². The molecule has 1 N–H and O–H groups in total. The fourth-order valence-corrected chi connectivity index (χ4v) is 3.97. The third-order valence-corrected chi connectivity index (χ3v) is 5.22. The molecule has 0 amide bonds.